The van der Waals surface area contributed by atoms with Gasteiger partial charge in [0.05, 0.1) is 6.61 Å². The molecule has 3 aromatic rings. The highest BCUT2D eigenvalue weighted by Gasteiger charge is 2.13. The summed E-state index contributed by atoms with van der Waals surface area (Å²) in [5.74, 6) is 1.31. The number of carbonyl (C=O) groups is 1. The maximum absolute atomic E-state index is 12.2. The molecule has 1 aromatic carbocycles. The highest BCUT2D eigenvalue weighted by molar-refractivity contribution is 7.13. The number of hydrogen-bond donors (Lipinski definition) is 2. The van der Waals surface area contributed by atoms with Gasteiger partial charge in [0.2, 0.25) is 0 Å². The van der Waals surface area contributed by atoms with Crippen LogP contribution in [0, 0.1) is 6.92 Å². The number of carbonyl (C=O) groups excluding carboxylic acids is 1. The van der Waals surface area contributed by atoms with Crippen LogP contribution in [0.15, 0.2) is 46.2 Å². The first-order valence-electron chi connectivity index (χ1n) is 7.65. The van der Waals surface area contributed by atoms with Crippen LogP contribution in [-0.4, -0.2) is 22.5 Å². The molecule has 0 spiro atoms. The number of nitrogens with one attached hydrogen (secondary N) is 1. The fourth-order valence-corrected chi connectivity index (χ4v) is 3.02. The van der Waals surface area contributed by atoms with Gasteiger partial charge in [-0.2, -0.15) is 0 Å². The molecule has 0 aliphatic carbocycles. The summed E-state index contributed by atoms with van der Waals surface area (Å²) in [7, 11) is 0. The van der Waals surface area contributed by atoms with Gasteiger partial charge in [-0.15, -0.1) is 11.3 Å². The van der Waals surface area contributed by atoms with Crippen molar-refractivity contribution >= 4 is 17.2 Å². The molecular weight excluding hydrogens is 324 g/mol. The van der Waals surface area contributed by atoms with Crippen LogP contribution >= 0.6 is 11.3 Å². The smallest absolute Gasteiger partial charge is 0.270 e. The maximum Gasteiger partial charge on any atom is 0.270 e. The van der Waals surface area contributed by atoms with Crippen molar-refractivity contribution in [3.63, 3.8) is 0 Å². The van der Waals surface area contributed by atoms with Crippen molar-refractivity contribution in [2.45, 2.75) is 20.0 Å². The summed E-state index contributed by atoms with van der Waals surface area (Å²) in [5, 5.41) is 14.3. The number of aliphatic hydroxyl groups excluding tert-OH is 1. The van der Waals surface area contributed by atoms with E-state index in [4.69, 9.17) is 9.52 Å². The second-order valence-corrected chi connectivity index (χ2v) is 6.29. The van der Waals surface area contributed by atoms with Gasteiger partial charge in [0, 0.05) is 11.9 Å². The number of benzene rings is 1. The Morgan fingerprint density at radius 1 is 1.21 bits per heavy atom. The molecule has 2 aromatic heterocycles. The summed E-state index contributed by atoms with van der Waals surface area (Å²) < 4.78 is 5.52. The molecule has 24 heavy (non-hydrogen) atoms. The molecule has 0 unspecified atom stereocenters. The van der Waals surface area contributed by atoms with Crippen LogP contribution in [0.1, 0.15) is 27.4 Å². The maximum atomic E-state index is 12.2. The second kappa shape index (κ2) is 7.42. The Morgan fingerprint density at radius 2 is 1.96 bits per heavy atom. The van der Waals surface area contributed by atoms with Crippen LogP contribution in [0.3, 0.4) is 0 Å². The lowest BCUT2D eigenvalue weighted by molar-refractivity contribution is 0.0950. The minimum atomic E-state index is -0.187. The first-order chi connectivity index (χ1) is 11.7. The van der Waals surface area contributed by atoms with E-state index >= 15 is 0 Å². The molecule has 5 nitrogen and oxygen atoms in total. The molecule has 3 rings (SSSR count). The average molecular weight is 342 g/mol. The van der Waals surface area contributed by atoms with E-state index in [9.17, 15) is 4.79 Å². The van der Waals surface area contributed by atoms with Gasteiger partial charge in [-0.05, 0) is 36.6 Å². The highest BCUT2D eigenvalue weighted by Crippen LogP contribution is 2.25. The van der Waals surface area contributed by atoms with Crippen molar-refractivity contribution < 1.29 is 14.3 Å². The van der Waals surface area contributed by atoms with E-state index in [-0.39, 0.29) is 12.5 Å². The number of nitrogens with zero attached hydrogens (tertiary/aromatic N) is 1. The van der Waals surface area contributed by atoms with Crippen molar-refractivity contribution in [1.82, 2.24) is 10.3 Å². The molecule has 1 amide bonds. The Balaban J connectivity index is 1.54. The number of amides is 1. The predicted molar refractivity (Wildman–Crippen MR) is 93.0 cm³/mol. The number of aryl methyl sites for hydroxylation is 1. The minimum Gasteiger partial charge on any atom is -0.459 e. The minimum absolute atomic E-state index is 0.0400. The lowest BCUT2D eigenvalue weighted by Gasteiger charge is -2.04. The normalized spacial score (nSPS) is 10.8. The summed E-state index contributed by atoms with van der Waals surface area (Å²) in [5.41, 5.74) is 2.39. The molecule has 0 saturated heterocycles. The van der Waals surface area contributed by atoms with Crippen LogP contribution in [0.25, 0.3) is 10.8 Å². The third-order valence-electron chi connectivity index (χ3n) is 3.59. The van der Waals surface area contributed by atoms with Gasteiger partial charge in [-0.3, -0.25) is 4.79 Å². The Bertz CT molecular complexity index is 821. The summed E-state index contributed by atoms with van der Waals surface area (Å²) >= 11 is 1.39. The van der Waals surface area contributed by atoms with Crippen LogP contribution in [0.5, 0.6) is 0 Å². The summed E-state index contributed by atoms with van der Waals surface area (Å²) in [6, 6.07) is 11.4. The molecule has 0 aliphatic heterocycles. The van der Waals surface area contributed by atoms with Crippen LogP contribution in [0.4, 0.5) is 0 Å². The van der Waals surface area contributed by atoms with Gasteiger partial charge in [0.1, 0.15) is 11.5 Å². The summed E-state index contributed by atoms with van der Waals surface area (Å²) in [4.78, 5) is 16.5. The van der Waals surface area contributed by atoms with Crippen LogP contribution in [0.2, 0.25) is 0 Å². The van der Waals surface area contributed by atoms with E-state index in [1.807, 2.05) is 43.3 Å². The average Bonchev–Trinajstić information content (AvgIpc) is 3.24. The van der Waals surface area contributed by atoms with Crippen LogP contribution < -0.4 is 5.32 Å². The monoisotopic (exact) mass is 342 g/mol. The topological polar surface area (TPSA) is 75.4 Å². The van der Waals surface area contributed by atoms with E-state index < -0.39 is 0 Å². The molecule has 0 bridgehead atoms. The van der Waals surface area contributed by atoms with E-state index in [1.54, 1.807) is 5.38 Å². The third kappa shape index (κ3) is 3.90. The molecular formula is C18H18N2O3S. The van der Waals surface area contributed by atoms with Crippen molar-refractivity contribution in [3.05, 3.63) is 64.4 Å². The van der Waals surface area contributed by atoms with E-state index in [1.165, 1.54) is 11.3 Å². The Labute approximate surface area is 144 Å². The van der Waals surface area contributed by atoms with Gasteiger partial charge in [0.25, 0.3) is 5.91 Å². The molecule has 0 aliphatic rings. The summed E-state index contributed by atoms with van der Waals surface area (Å²) in [6.07, 6.45) is 0.728. The molecule has 6 heteroatoms. The molecule has 0 radical (unpaired) electrons. The Morgan fingerprint density at radius 3 is 2.62 bits per heavy atom. The van der Waals surface area contributed by atoms with Crippen LogP contribution in [-0.2, 0) is 13.0 Å². The van der Waals surface area contributed by atoms with Crippen molar-refractivity contribution in [1.29, 1.82) is 0 Å². The van der Waals surface area contributed by atoms with E-state index in [0.717, 1.165) is 23.3 Å². The molecule has 2 N–H and O–H groups in total. The van der Waals surface area contributed by atoms with Gasteiger partial charge in [-0.25, -0.2) is 4.98 Å². The largest absolute Gasteiger partial charge is 0.459 e. The van der Waals surface area contributed by atoms with Gasteiger partial charge in [-0.1, -0.05) is 24.3 Å². The number of aromatic nitrogens is 1. The number of hydrogen-bond acceptors (Lipinski definition) is 5. The predicted octanol–water partition coefficient (Wildman–Crippen LogP) is 3.18. The zero-order valence-corrected chi connectivity index (χ0v) is 14.1. The number of furan rings is 1. The lowest BCUT2D eigenvalue weighted by atomic mass is 10.1. The SMILES string of the molecule is Cc1ccc(-c2nc(C(=O)NCCc3ccc(CO)cc3)cs2)o1. The highest BCUT2D eigenvalue weighted by atomic mass is 32.1. The Hall–Kier alpha value is -2.44. The van der Waals surface area contributed by atoms with Gasteiger partial charge in [0.15, 0.2) is 10.8 Å². The molecule has 0 fully saturated rings. The van der Waals surface area contributed by atoms with Crippen molar-refractivity contribution in [2.75, 3.05) is 6.54 Å². The molecule has 0 saturated carbocycles. The van der Waals surface area contributed by atoms with Gasteiger partial charge < -0.3 is 14.8 Å². The number of rotatable bonds is 6. The fraction of sp³-hybridized carbons (Fsp3) is 0.222. The van der Waals surface area contributed by atoms with Crippen molar-refractivity contribution in [3.8, 4) is 10.8 Å². The molecule has 0 atom stereocenters. The summed E-state index contributed by atoms with van der Waals surface area (Å²) in [6.45, 7) is 2.44. The third-order valence-corrected chi connectivity index (χ3v) is 4.45. The zero-order chi connectivity index (χ0) is 16.9. The fourth-order valence-electron chi connectivity index (χ4n) is 2.26. The first kappa shape index (κ1) is 16.4. The number of thiazole rings is 1. The molecule has 124 valence electrons. The molecule has 2 heterocycles. The standard InChI is InChI=1S/C18H18N2O3S/c1-12-2-7-16(23-12)18-20-15(11-24-18)17(22)19-9-8-13-3-5-14(10-21)6-4-13/h2-7,11,21H,8-10H2,1H3,(H,19,22). The van der Waals surface area contributed by atoms with E-state index in [0.29, 0.717) is 23.0 Å². The van der Waals surface area contributed by atoms with E-state index in [2.05, 4.69) is 10.3 Å². The quantitative estimate of drug-likeness (QED) is 0.721. The second-order valence-electron chi connectivity index (χ2n) is 5.43. The zero-order valence-electron chi connectivity index (χ0n) is 13.3. The first-order valence-corrected chi connectivity index (χ1v) is 8.53. The Kier molecular flexibility index (Phi) is 5.08. The van der Waals surface area contributed by atoms with Crippen molar-refractivity contribution in [2.24, 2.45) is 0 Å². The lowest BCUT2D eigenvalue weighted by Crippen LogP contribution is -2.25. The van der Waals surface area contributed by atoms with Gasteiger partial charge >= 0.3 is 0 Å². The number of aliphatic hydroxyl groups is 1.